The molecule has 5 aliphatic carbocycles. The van der Waals surface area contributed by atoms with Crippen LogP contribution in [0, 0.1) is 0 Å². The molecule has 0 amide bonds. The molecule has 0 saturated heterocycles. The quantitative estimate of drug-likeness (QED) is 0.161. The zero-order chi connectivity index (χ0) is 48.8. The van der Waals surface area contributed by atoms with Gasteiger partial charge < -0.3 is 4.90 Å². The number of allylic oxidation sites excluding steroid dienone is 10. The van der Waals surface area contributed by atoms with Crippen LogP contribution in [-0.2, 0) is 10.8 Å². The summed E-state index contributed by atoms with van der Waals surface area (Å²) >= 11 is 0. The molecule has 0 bridgehead atoms. The van der Waals surface area contributed by atoms with Crippen LogP contribution in [0.15, 0.2) is 290 Å². The molecule has 0 fully saturated rings. The molecule has 2 spiro atoms. The van der Waals surface area contributed by atoms with Crippen molar-refractivity contribution in [1.29, 1.82) is 0 Å². The van der Waals surface area contributed by atoms with Gasteiger partial charge in [-0.15, -0.1) is 0 Å². The van der Waals surface area contributed by atoms with Gasteiger partial charge in [0.1, 0.15) is 0 Å². The predicted octanol–water partition coefficient (Wildman–Crippen LogP) is 18.9. The zero-order valence-corrected chi connectivity index (χ0v) is 41.0. The summed E-state index contributed by atoms with van der Waals surface area (Å²) in [6, 6.07) is 88.7. The average Bonchev–Trinajstić information content (AvgIpc) is 3.99. The van der Waals surface area contributed by atoms with Crippen LogP contribution in [0.25, 0.3) is 60.9 Å². The Labute approximate surface area is 433 Å². The van der Waals surface area contributed by atoms with Crippen LogP contribution >= 0.6 is 0 Å². The van der Waals surface area contributed by atoms with Crippen LogP contribution in [0.3, 0.4) is 0 Å². The highest BCUT2D eigenvalue weighted by Crippen LogP contribution is 2.69. The molecule has 0 saturated carbocycles. The van der Waals surface area contributed by atoms with Gasteiger partial charge in [-0.1, -0.05) is 237 Å². The Bertz CT molecular complexity index is 4020. The van der Waals surface area contributed by atoms with Gasteiger partial charge in [0.2, 0.25) is 0 Å². The molecule has 74 heavy (non-hydrogen) atoms. The molecule has 0 N–H and O–H groups in total. The van der Waals surface area contributed by atoms with Gasteiger partial charge >= 0.3 is 0 Å². The van der Waals surface area contributed by atoms with Crippen LogP contribution in [0.5, 0.6) is 0 Å². The third kappa shape index (κ3) is 6.05. The summed E-state index contributed by atoms with van der Waals surface area (Å²) < 4.78 is 0. The molecule has 5 aliphatic rings. The molecular weight excluding hydrogens is 891 g/mol. The molecule has 10 aromatic carbocycles. The smallest absolute Gasteiger partial charge is 0.0723 e. The van der Waals surface area contributed by atoms with E-state index in [9.17, 15) is 0 Å². The van der Waals surface area contributed by atoms with Crippen molar-refractivity contribution in [2.45, 2.75) is 30.1 Å². The fraction of sp³-hybridized carbons (Fsp3) is 0.0685. The number of nitrogens with zero attached hydrogens (tertiary/aromatic N) is 1. The van der Waals surface area contributed by atoms with Crippen molar-refractivity contribution >= 4 is 33.4 Å². The second-order valence-electron chi connectivity index (χ2n) is 20.5. The Morgan fingerprint density at radius 3 is 1.55 bits per heavy atom. The summed E-state index contributed by atoms with van der Waals surface area (Å²) in [5.41, 5.74) is 26.3. The lowest BCUT2D eigenvalue weighted by Gasteiger charge is -2.51. The molecule has 1 atom stereocenters. The second kappa shape index (κ2) is 16.8. The lowest BCUT2D eigenvalue weighted by Crippen LogP contribution is -2.44. The first-order chi connectivity index (χ1) is 36.7. The van der Waals surface area contributed by atoms with Crippen LogP contribution in [0.1, 0.15) is 52.6 Å². The maximum Gasteiger partial charge on any atom is 0.0723 e. The Morgan fingerprint density at radius 1 is 0.338 bits per heavy atom. The van der Waals surface area contributed by atoms with E-state index >= 15 is 0 Å². The molecular formula is C73H51N. The highest BCUT2D eigenvalue weighted by atomic mass is 15.1. The second-order valence-corrected chi connectivity index (χ2v) is 20.5. The largest absolute Gasteiger partial charge is 0.311 e. The summed E-state index contributed by atoms with van der Waals surface area (Å²) in [5.74, 6) is 0. The van der Waals surface area contributed by atoms with E-state index in [0.29, 0.717) is 0 Å². The minimum Gasteiger partial charge on any atom is -0.311 e. The van der Waals surface area contributed by atoms with Gasteiger partial charge in [-0.25, -0.2) is 0 Å². The van der Waals surface area contributed by atoms with E-state index in [-0.39, 0.29) is 0 Å². The Morgan fingerprint density at radius 2 is 0.851 bits per heavy atom. The average molecular weight is 942 g/mol. The maximum atomic E-state index is 2.50. The minimum absolute atomic E-state index is 0.471. The van der Waals surface area contributed by atoms with E-state index in [1.807, 2.05) is 0 Å². The van der Waals surface area contributed by atoms with Gasteiger partial charge in [0.05, 0.1) is 10.8 Å². The van der Waals surface area contributed by atoms with Crippen molar-refractivity contribution < 1.29 is 0 Å². The van der Waals surface area contributed by atoms with Crippen molar-refractivity contribution in [1.82, 2.24) is 0 Å². The fourth-order valence-corrected chi connectivity index (χ4v) is 14.0. The number of fused-ring (bicyclic) bond motifs is 15. The van der Waals surface area contributed by atoms with Gasteiger partial charge in [0.15, 0.2) is 0 Å². The summed E-state index contributed by atoms with van der Waals surface area (Å²) in [4.78, 5) is 2.41. The van der Waals surface area contributed by atoms with Gasteiger partial charge in [0.25, 0.3) is 0 Å². The van der Waals surface area contributed by atoms with E-state index in [4.69, 9.17) is 0 Å². The third-order valence-electron chi connectivity index (χ3n) is 16.9. The molecule has 0 aliphatic heterocycles. The SMILES string of the molecule is C1=CCC2=C(C=C1)C1(c3ccccc3-c3ccccc31)c1c(-c3ccc(N(c4ccc(-c5ccccc5)cc4)c4ccc(-c5cccc6ccccc56)cc4)cc3)cccc1C21C2=C(CCC=C2)c2ccccc21. The molecule has 1 unspecified atom stereocenters. The summed E-state index contributed by atoms with van der Waals surface area (Å²) in [6.07, 6.45) is 17.4. The van der Waals surface area contributed by atoms with Crippen molar-refractivity contribution in [2.24, 2.45) is 0 Å². The fourth-order valence-electron chi connectivity index (χ4n) is 14.0. The van der Waals surface area contributed by atoms with E-state index in [1.54, 1.807) is 0 Å². The highest BCUT2D eigenvalue weighted by Gasteiger charge is 2.60. The lowest BCUT2D eigenvalue weighted by atomic mass is 9.50. The first kappa shape index (κ1) is 42.6. The first-order valence-electron chi connectivity index (χ1n) is 26.3. The molecule has 0 aromatic heterocycles. The molecule has 10 aromatic rings. The third-order valence-corrected chi connectivity index (χ3v) is 16.9. The maximum absolute atomic E-state index is 2.50. The van der Waals surface area contributed by atoms with Crippen LogP contribution < -0.4 is 4.90 Å². The van der Waals surface area contributed by atoms with E-state index < -0.39 is 10.8 Å². The number of hydrogen-bond acceptors (Lipinski definition) is 1. The van der Waals surface area contributed by atoms with Gasteiger partial charge in [-0.05, 0) is 167 Å². The Hall–Kier alpha value is -9.04. The van der Waals surface area contributed by atoms with Crippen LogP contribution in [0.2, 0.25) is 0 Å². The van der Waals surface area contributed by atoms with E-state index in [0.717, 1.165) is 36.3 Å². The standard InChI is InChI=1S/C73H51N/c1-3-19-49(20-4-1)50-37-43-54(44-38-50)74(55-45-39-52(40-46-55)58-28-17-22-51-21-7-8-23-57(51)58)56-47-41-53(42-48-56)59-29-18-36-70-71(59)73(66-32-15-11-26-62(66)63-27-12-16-33-67(63)73)69-35-6-2-5-34-68(69)72(70)64-30-13-9-24-60(64)61-25-10-14-31-65(61)72/h1-9,11-24,26-33,35-48H,10,25,34H2. The number of hydrogen-bond donors (Lipinski definition) is 0. The van der Waals surface area contributed by atoms with E-state index in [2.05, 4.69) is 278 Å². The normalized spacial score (nSPS) is 17.2. The van der Waals surface area contributed by atoms with Crippen molar-refractivity contribution in [3.63, 3.8) is 0 Å². The van der Waals surface area contributed by atoms with Crippen LogP contribution in [0.4, 0.5) is 17.1 Å². The highest BCUT2D eigenvalue weighted by molar-refractivity contribution is 5.99. The molecule has 1 nitrogen and oxygen atoms in total. The topological polar surface area (TPSA) is 3.24 Å². The molecule has 1 heteroatoms. The van der Waals surface area contributed by atoms with E-state index in [1.165, 1.54) is 111 Å². The monoisotopic (exact) mass is 941 g/mol. The van der Waals surface area contributed by atoms with Crippen molar-refractivity contribution in [3.05, 3.63) is 323 Å². The number of benzene rings is 10. The Balaban J connectivity index is 0.949. The first-order valence-corrected chi connectivity index (χ1v) is 26.3. The summed E-state index contributed by atoms with van der Waals surface area (Å²) in [6.45, 7) is 0. The van der Waals surface area contributed by atoms with Crippen molar-refractivity contribution in [3.8, 4) is 44.5 Å². The molecule has 15 rings (SSSR count). The predicted molar refractivity (Wildman–Crippen MR) is 309 cm³/mol. The number of anilines is 3. The summed E-state index contributed by atoms with van der Waals surface area (Å²) in [5, 5.41) is 2.51. The van der Waals surface area contributed by atoms with Crippen LogP contribution in [-0.4, -0.2) is 0 Å². The number of rotatable bonds is 6. The summed E-state index contributed by atoms with van der Waals surface area (Å²) in [7, 11) is 0. The van der Waals surface area contributed by atoms with Gasteiger partial charge in [-0.3, -0.25) is 0 Å². The van der Waals surface area contributed by atoms with Crippen molar-refractivity contribution in [2.75, 3.05) is 4.90 Å². The molecule has 0 heterocycles. The van der Waals surface area contributed by atoms with Gasteiger partial charge in [0, 0.05) is 17.1 Å². The minimum atomic E-state index is -0.574. The van der Waals surface area contributed by atoms with Gasteiger partial charge in [-0.2, -0.15) is 0 Å². The lowest BCUT2D eigenvalue weighted by molar-refractivity contribution is 0.610. The Kier molecular flexibility index (Phi) is 9.66. The molecule has 348 valence electrons. The molecule has 0 radical (unpaired) electrons. The zero-order valence-electron chi connectivity index (χ0n) is 41.0.